The van der Waals surface area contributed by atoms with E-state index in [1.807, 2.05) is 11.8 Å². The molecule has 0 spiro atoms. The number of carbonyl (C=O) groups is 2. The third-order valence-corrected chi connectivity index (χ3v) is 4.61. The average Bonchev–Trinajstić information content (AvgIpc) is 2.83. The molecule has 1 unspecified atom stereocenters. The molecule has 0 saturated carbocycles. The second-order valence-electron chi connectivity index (χ2n) is 4.81. The number of rotatable bonds is 3. The summed E-state index contributed by atoms with van der Waals surface area (Å²) in [5, 5.41) is 5.85. The van der Waals surface area contributed by atoms with Crippen molar-refractivity contribution >= 4 is 33.8 Å². The van der Waals surface area contributed by atoms with Gasteiger partial charge < -0.3 is 26.0 Å². The van der Waals surface area contributed by atoms with Gasteiger partial charge in [-0.3, -0.25) is 9.59 Å². The van der Waals surface area contributed by atoms with Crippen molar-refractivity contribution in [3.05, 3.63) is 10.4 Å². The lowest BCUT2D eigenvalue weighted by atomic mass is 10.2. The quantitative estimate of drug-likeness (QED) is 0.745. The van der Waals surface area contributed by atoms with E-state index >= 15 is 0 Å². The summed E-state index contributed by atoms with van der Waals surface area (Å²) in [5.41, 5.74) is 6.63. The number of nitrogens with zero attached hydrogens (tertiary/aromatic N) is 1. The highest BCUT2D eigenvalue weighted by atomic mass is 32.1. The molecule has 0 bridgehead atoms. The lowest BCUT2D eigenvalue weighted by Crippen LogP contribution is -2.41. The van der Waals surface area contributed by atoms with Gasteiger partial charge in [0.05, 0.1) is 24.0 Å². The molecule has 116 valence electrons. The second-order valence-corrected chi connectivity index (χ2v) is 5.81. The fourth-order valence-electron chi connectivity index (χ4n) is 2.28. The van der Waals surface area contributed by atoms with Crippen LogP contribution in [0.15, 0.2) is 0 Å². The van der Waals surface area contributed by atoms with Gasteiger partial charge in [-0.1, -0.05) is 0 Å². The van der Waals surface area contributed by atoms with Gasteiger partial charge in [-0.15, -0.1) is 11.3 Å². The lowest BCUT2D eigenvalue weighted by Gasteiger charge is -2.32. The van der Waals surface area contributed by atoms with Crippen molar-refractivity contribution in [2.24, 2.45) is 0 Å². The van der Waals surface area contributed by atoms with Gasteiger partial charge in [0, 0.05) is 27.2 Å². The maximum atomic E-state index is 12.1. The molecule has 1 aliphatic rings. The summed E-state index contributed by atoms with van der Waals surface area (Å²) < 4.78 is 5.51. The smallest absolute Gasteiger partial charge is 0.263 e. The Morgan fingerprint density at radius 1 is 1.33 bits per heavy atom. The Bertz CT molecular complexity index is 558. The summed E-state index contributed by atoms with van der Waals surface area (Å²) in [6.07, 6.45) is 0.0723. The van der Waals surface area contributed by atoms with Gasteiger partial charge >= 0.3 is 0 Å². The predicted molar refractivity (Wildman–Crippen MR) is 83.1 cm³/mol. The molecule has 21 heavy (non-hydrogen) atoms. The number of ether oxygens (including phenoxy) is 1. The molecule has 2 heterocycles. The van der Waals surface area contributed by atoms with Crippen LogP contribution in [0.5, 0.6) is 0 Å². The minimum absolute atomic E-state index is 0.0723. The first-order valence-electron chi connectivity index (χ1n) is 6.72. The molecule has 4 N–H and O–H groups in total. The van der Waals surface area contributed by atoms with E-state index in [4.69, 9.17) is 10.5 Å². The topological polar surface area (TPSA) is 96.7 Å². The van der Waals surface area contributed by atoms with E-state index in [0.717, 1.165) is 5.00 Å². The van der Waals surface area contributed by atoms with Crippen molar-refractivity contribution in [2.45, 2.75) is 13.0 Å². The Labute approximate surface area is 127 Å². The van der Waals surface area contributed by atoms with Crippen LogP contribution in [0.4, 0.5) is 10.7 Å². The Hall–Kier alpha value is -1.80. The summed E-state index contributed by atoms with van der Waals surface area (Å²) in [7, 11) is 3.09. The zero-order valence-electron chi connectivity index (χ0n) is 12.4. The number of thiophene rings is 1. The maximum Gasteiger partial charge on any atom is 0.263 e. The highest BCUT2D eigenvalue weighted by Crippen LogP contribution is 2.39. The number of hydrogen-bond donors (Lipinski definition) is 3. The van der Waals surface area contributed by atoms with Crippen molar-refractivity contribution in [3.8, 4) is 0 Å². The fraction of sp³-hybridized carbons (Fsp3) is 0.538. The van der Waals surface area contributed by atoms with E-state index in [1.54, 1.807) is 7.05 Å². The molecular formula is C13H20N4O3S. The second kappa shape index (κ2) is 6.31. The molecule has 1 fully saturated rings. The standard InChI is InChI=1S/C13H20N4O3S/c1-7-6-17(4-5-20-7)13-8(11(18)15-2)9(14)10(21-13)12(19)16-3/h7H,4-6,14H2,1-3H3,(H,15,18)(H,16,19). The number of nitrogens with one attached hydrogen (secondary N) is 2. The van der Waals surface area contributed by atoms with Gasteiger partial charge in [0.2, 0.25) is 0 Å². The number of anilines is 2. The van der Waals surface area contributed by atoms with Gasteiger partial charge in [-0.2, -0.15) is 0 Å². The molecule has 8 heteroatoms. The maximum absolute atomic E-state index is 12.1. The average molecular weight is 312 g/mol. The van der Waals surface area contributed by atoms with Gasteiger partial charge in [0.25, 0.3) is 11.8 Å². The molecule has 0 radical (unpaired) electrons. The van der Waals surface area contributed by atoms with E-state index in [1.165, 1.54) is 18.4 Å². The summed E-state index contributed by atoms with van der Waals surface area (Å²) in [6, 6.07) is 0. The van der Waals surface area contributed by atoms with Crippen LogP contribution in [0.3, 0.4) is 0 Å². The summed E-state index contributed by atoms with van der Waals surface area (Å²) in [6.45, 7) is 3.89. The van der Waals surface area contributed by atoms with Crippen molar-refractivity contribution in [2.75, 3.05) is 44.4 Å². The van der Waals surface area contributed by atoms with E-state index in [2.05, 4.69) is 10.6 Å². The Kier molecular flexibility index (Phi) is 4.69. The highest BCUT2D eigenvalue weighted by molar-refractivity contribution is 7.19. The first-order valence-corrected chi connectivity index (χ1v) is 7.54. The molecule has 0 aliphatic carbocycles. The van der Waals surface area contributed by atoms with Crippen LogP contribution >= 0.6 is 11.3 Å². The third kappa shape index (κ3) is 2.96. The normalized spacial score (nSPS) is 18.4. The zero-order valence-corrected chi connectivity index (χ0v) is 13.2. The number of nitrogens with two attached hydrogens (primary N) is 1. The molecule has 1 atom stereocenters. The van der Waals surface area contributed by atoms with Crippen LogP contribution in [0, 0.1) is 0 Å². The molecular weight excluding hydrogens is 292 g/mol. The largest absolute Gasteiger partial charge is 0.397 e. The van der Waals surface area contributed by atoms with Crippen LogP contribution in [0.1, 0.15) is 27.0 Å². The summed E-state index contributed by atoms with van der Waals surface area (Å²) in [4.78, 5) is 26.4. The van der Waals surface area contributed by atoms with Crippen molar-refractivity contribution in [1.29, 1.82) is 0 Å². The van der Waals surface area contributed by atoms with E-state index in [0.29, 0.717) is 30.1 Å². The lowest BCUT2D eigenvalue weighted by molar-refractivity contribution is 0.0533. The molecule has 0 aromatic carbocycles. The zero-order chi connectivity index (χ0) is 15.6. The first-order chi connectivity index (χ1) is 9.99. The van der Waals surface area contributed by atoms with E-state index in [9.17, 15) is 9.59 Å². The fourth-order valence-corrected chi connectivity index (χ4v) is 3.48. The van der Waals surface area contributed by atoms with Crippen LogP contribution in [-0.2, 0) is 4.74 Å². The molecule has 2 rings (SSSR count). The minimum atomic E-state index is -0.284. The Morgan fingerprint density at radius 2 is 2.00 bits per heavy atom. The third-order valence-electron chi connectivity index (χ3n) is 3.34. The number of hydrogen-bond acceptors (Lipinski definition) is 6. The number of nitrogen functional groups attached to an aromatic ring is 1. The van der Waals surface area contributed by atoms with Crippen LogP contribution in [0.25, 0.3) is 0 Å². The number of amides is 2. The Morgan fingerprint density at radius 3 is 2.57 bits per heavy atom. The predicted octanol–water partition coefficient (Wildman–Crippen LogP) is 0.275. The van der Waals surface area contributed by atoms with E-state index < -0.39 is 0 Å². The summed E-state index contributed by atoms with van der Waals surface area (Å²) >= 11 is 1.24. The molecule has 1 aliphatic heterocycles. The highest BCUT2D eigenvalue weighted by Gasteiger charge is 2.29. The van der Waals surface area contributed by atoms with Gasteiger partial charge in [-0.25, -0.2) is 0 Å². The monoisotopic (exact) mass is 312 g/mol. The number of carbonyl (C=O) groups excluding carboxylic acids is 2. The van der Waals surface area contributed by atoms with Crippen LogP contribution in [0.2, 0.25) is 0 Å². The minimum Gasteiger partial charge on any atom is -0.397 e. The van der Waals surface area contributed by atoms with Crippen LogP contribution in [-0.4, -0.2) is 51.7 Å². The molecule has 7 nitrogen and oxygen atoms in total. The van der Waals surface area contributed by atoms with Crippen molar-refractivity contribution in [3.63, 3.8) is 0 Å². The Balaban J connectivity index is 2.47. The van der Waals surface area contributed by atoms with Crippen molar-refractivity contribution in [1.82, 2.24) is 10.6 Å². The molecule has 1 aromatic rings. The number of morpholine rings is 1. The van der Waals surface area contributed by atoms with E-state index in [-0.39, 0.29) is 23.6 Å². The van der Waals surface area contributed by atoms with Crippen molar-refractivity contribution < 1.29 is 14.3 Å². The SMILES string of the molecule is CNC(=O)c1sc(N2CCOC(C)C2)c(C(=O)NC)c1N. The van der Waals surface area contributed by atoms with Gasteiger partial charge in [0.15, 0.2) is 0 Å². The molecule has 2 amide bonds. The van der Waals surface area contributed by atoms with Gasteiger partial charge in [-0.05, 0) is 6.92 Å². The molecule has 1 aromatic heterocycles. The molecule has 1 saturated heterocycles. The summed E-state index contributed by atoms with van der Waals surface area (Å²) in [5.74, 6) is -0.566. The van der Waals surface area contributed by atoms with Gasteiger partial charge in [0.1, 0.15) is 9.88 Å². The first kappa shape index (κ1) is 15.6. The van der Waals surface area contributed by atoms with Crippen LogP contribution < -0.4 is 21.3 Å².